The highest BCUT2D eigenvalue weighted by Gasteiger charge is 2.21. The van der Waals surface area contributed by atoms with Gasteiger partial charge < -0.3 is 19.6 Å². The molecule has 25 heavy (non-hydrogen) atoms. The van der Waals surface area contributed by atoms with E-state index in [0.29, 0.717) is 28.4 Å². The Hall–Kier alpha value is -2.96. The fourth-order valence-electron chi connectivity index (χ4n) is 3.04. The van der Waals surface area contributed by atoms with Crippen molar-refractivity contribution in [1.29, 1.82) is 0 Å². The number of ether oxygens (including phenoxy) is 2. The average molecular weight is 343 g/mol. The summed E-state index contributed by atoms with van der Waals surface area (Å²) in [5.74, 6) is 0.925. The number of aromatic amines is 1. The van der Waals surface area contributed by atoms with Crippen LogP contribution in [0.4, 0.5) is 0 Å². The molecule has 3 aromatic rings. The number of rotatable bonds is 4. The molecule has 1 aromatic carbocycles. The molecule has 2 heterocycles. The number of fused-ring (bicyclic) bond motifs is 1. The molecular weight excluding hydrogens is 322 g/mol. The lowest BCUT2D eigenvalue weighted by molar-refractivity contribution is 0.355. The van der Waals surface area contributed by atoms with Crippen LogP contribution in [0.15, 0.2) is 23.0 Å². The van der Waals surface area contributed by atoms with Gasteiger partial charge in [-0.25, -0.2) is 0 Å². The Morgan fingerprint density at radius 3 is 2.48 bits per heavy atom. The van der Waals surface area contributed by atoms with E-state index in [0.717, 1.165) is 11.1 Å². The van der Waals surface area contributed by atoms with Gasteiger partial charge in [0.05, 0.1) is 25.5 Å². The third-order valence-corrected chi connectivity index (χ3v) is 4.23. The third-order valence-electron chi connectivity index (χ3n) is 4.23. The van der Waals surface area contributed by atoms with E-state index in [1.165, 1.54) is 4.52 Å². The van der Waals surface area contributed by atoms with Crippen molar-refractivity contribution in [2.75, 3.05) is 14.2 Å². The molecule has 0 fully saturated rings. The number of aromatic nitrogens is 3. The maximum Gasteiger partial charge on any atom is 0.258 e. The molecule has 2 aromatic heterocycles. The van der Waals surface area contributed by atoms with Crippen molar-refractivity contribution in [2.24, 2.45) is 0 Å². The van der Waals surface area contributed by atoms with E-state index in [1.807, 2.05) is 32.9 Å². The van der Waals surface area contributed by atoms with E-state index in [9.17, 15) is 9.90 Å². The standard InChI is InChI=1S/C18H21N3O4/c1-9(2)14-17(22)19-16-15(10(3)20-21(16)18(14)23)11-6-7-12(24-4)13(8-11)25-5/h6-9,23H,1-5H3,(H,19,22). The molecule has 0 aliphatic rings. The summed E-state index contributed by atoms with van der Waals surface area (Å²) in [5, 5.41) is 14.9. The third kappa shape index (κ3) is 2.61. The molecular formula is C18H21N3O4. The van der Waals surface area contributed by atoms with Crippen molar-refractivity contribution >= 4 is 5.65 Å². The first kappa shape index (κ1) is 16.9. The summed E-state index contributed by atoms with van der Waals surface area (Å²) in [6, 6.07) is 5.46. The molecule has 0 aliphatic heterocycles. The van der Waals surface area contributed by atoms with Crippen molar-refractivity contribution in [3.63, 3.8) is 0 Å². The fraction of sp³-hybridized carbons (Fsp3) is 0.333. The Balaban J connectivity index is 2.31. The van der Waals surface area contributed by atoms with Crippen LogP contribution in [0.5, 0.6) is 17.4 Å². The summed E-state index contributed by atoms with van der Waals surface area (Å²) in [7, 11) is 3.13. The Morgan fingerprint density at radius 2 is 1.88 bits per heavy atom. The molecule has 132 valence electrons. The lowest BCUT2D eigenvalue weighted by Crippen LogP contribution is -2.17. The lowest BCUT2D eigenvalue weighted by atomic mass is 10.0. The highest BCUT2D eigenvalue weighted by Crippen LogP contribution is 2.36. The number of nitrogens with one attached hydrogen (secondary N) is 1. The van der Waals surface area contributed by atoms with E-state index in [-0.39, 0.29) is 17.4 Å². The second-order valence-electron chi connectivity index (χ2n) is 6.14. The smallest absolute Gasteiger partial charge is 0.258 e. The zero-order valence-electron chi connectivity index (χ0n) is 14.9. The number of aromatic hydroxyl groups is 1. The van der Waals surface area contributed by atoms with E-state index < -0.39 is 0 Å². The second-order valence-corrected chi connectivity index (χ2v) is 6.14. The summed E-state index contributed by atoms with van der Waals surface area (Å²) in [6.45, 7) is 5.52. The Labute approximate surface area is 144 Å². The Kier molecular flexibility index (Phi) is 4.16. The molecule has 0 aliphatic carbocycles. The van der Waals surface area contributed by atoms with Crippen LogP contribution in [-0.2, 0) is 0 Å². The summed E-state index contributed by atoms with van der Waals surface area (Å²) < 4.78 is 12.0. The van der Waals surface area contributed by atoms with Gasteiger partial charge in [-0.15, -0.1) is 0 Å². The summed E-state index contributed by atoms with van der Waals surface area (Å²) in [6.07, 6.45) is 0. The quantitative estimate of drug-likeness (QED) is 0.760. The van der Waals surface area contributed by atoms with E-state index in [4.69, 9.17) is 9.47 Å². The van der Waals surface area contributed by atoms with Crippen molar-refractivity contribution < 1.29 is 14.6 Å². The average Bonchev–Trinajstić information content (AvgIpc) is 2.90. The number of H-pyrrole nitrogens is 1. The van der Waals surface area contributed by atoms with Gasteiger partial charge in [0.2, 0.25) is 5.88 Å². The van der Waals surface area contributed by atoms with Gasteiger partial charge in [0, 0.05) is 5.56 Å². The zero-order chi connectivity index (χ0) is 18.3. The first-order valence-corrected chi connectivity index (χ1v) is 7.95. The number of methoxy groups -OCH3 is 2. The highest BCUT2D eigenvalue weighted by atomic mass is 16.5. The van der Waals surface area contributed by atoms with Gasteiger partial charge in [-0.05, 0) is 30.5 Å². The molecule has 7 nitrogen and oxygen atoms in total. The van der Waals surface area contributed by atoms with Gasteiger partial charge in [-0.3, -0.25) is 4.79 Å². The molecule has 3 rings (SSSR count). The second kappa shape index (κ2) is 6.16. The van der Waals surface area contributed by atoms with Crippen molar-refractivity contribution in [3.05, 3.63) is 39.8 Å². The zero-order valence-corrected chi connectivity index (χ0v) is 14.9. The van der Waals surface area contributed by atoms with Crippen LogP contribution in [-0.4, -0.2) is 33.9 Å². The molecule has 0 radical (unpaired) electrons. The van der Waals surface area contributed by atoms with Crippen molar-refractivity contribution in [1.82, 2.24) is 14.6 Å². The molecule has 2 N–H and O–H groups in total. The minimum absolute atomic E-state index is 0.123. The molecule has 0 saturated carbocycles. The maximum atomic E-state index is 12.4. The van der Waals surface area contributed by atoms with Crippen LogP contribution in [0.1, 0.15) is 31.0 Å². The number of nitrogens with zero attached hydrogens (tertiary/aromatic N) is 2. The van der Waals surface area contributed by atoms with E-state index >= 15 is 0 Å². The topological polar surface area (TPSA) is 88.9 Å². The first-order chi connectivity index (χ1) is 11.9. The molecule has 0 saturated heterocycles. The Morgan fingerprint density at radius 1 is 1.20 bits per heavy atom. The number of aryl methyl sites for hydroxylation is 1. The molecule has 0 unspecified atom stereocenters. The van der Waals surface area contributed by atoms with Gasteiger partial charge in [0.1, 0.15) is 5.65 Å². The summed E-state index contributed by atoms with van der Waals surface area (Å²) >= 11 is 0. The minimum atomic E-state index is -0.318. The predicted molar refractivity (Wildman–Crippen MR) is 94.8 cm³/mol. The molecule has 0 bridgehead atoms. The monoisotopic (exact) mass is 343 g/mol. The van der Waals surface area contributed by atoms with Gasteiger partial charge in [0.15, 0.2) is 11.5 Å². The van der Waals surface area contributed by atoms with Gasteiger partial charge in [-0.1, -0.05) is 19.9 Å². The van der Waals surface area contributed by atoms with Gasteiger partial charge in [0.25, 0.3) is 5.56 Å². The van der Waals surface area contributed by atoms with Crippen molar-refractivity contribution in [2.45, 2.75) is 26.7 Å². The fourth-order valence-corrected chi connectivity index (χ4v) is 3.04. The first-order valence-electron chi connectivity index (χ1n) is 7.95. The van der Waals surface area contributed by atoms with Gasteiger partial charge in [-0.2, -0.15) is 9.61 Å². The van der Waals surface area contributed by atoms with E-state index in [2.05, 4.69) is 10.1 Å². The number of hydrogen-bond donors (Lipinski definition) is 2. The summed E-state index contributed by atoms with van der Waals surface area (Å²) in [4.78, 5) is 15.3. The van der Waals surface area contributed by atoms with Crippen LogP contribution in [0.2, 0.25) is 0 Å². The van der Waals surface area contributed by atoms with E-state index in [1.54, 1.807) is 20.3 Å². The normalized spacial score (nSPS) is 11.3. The molecule has 0 amide bonds. The maximum absolute atomic E-state index is 12.4. The molecule has 0 spiro atoms. The minimum Gasteiger partial charge on any atom is -0.493 e. The Bertz CT molecular complexity index is 1000. The molecule has 7 heteroatoms. The van der Waals surface area contributed by atoms with Gasteiger partial charge >= 0.3 is 0 Å². The lowest BCUT2D eigenvalue weighted by Gasteiger charge is -2.10. The SMILES string of the molecule is COc1ccc(-c2c(C)nn3c(O)c(C(C)C)c(=O)[nH]c23)cc1OC. The number of hydrogen-bond acceptors (Lipinski definition) is 5. The highest BCUT2D eigenvalue weighted by molar-refractivity contribution is 5.81. The molecule has 0 atom stereocenters. The van der Waals surface area contributed by atoms with Crippen LogP contribution in [0, 0.1) is 6.92 Å². The van der Waals surface area contributed by atoms with Crippen molar-refractivity contribution in [3.8, 4) is 28.5 Å². The van der Waals surface area contributed by atoms with Crippen LogP contribution < -0.4 is 15.0 Å². The summed E-state index contributed by atoms with van der Waals surface area (Å²) in [5.41, 5.74) is 2.65. The largest absolute Gasteiger partial charge is 0.493 e. The number of benzene rings is 1. The predicted octanol–water partition coefficient (Wildman–Crippen LogP) is 2.84. The van der Waals surface area contributed by atoms with Crippen LogP contribution in [0.3, 0.4) is 0 Å². The van der Waals surface area contributed by atoms with Crippen LogP contribution in [0.25, 0.3) is 16.8 Å². The van der Waals surface area contributed by atoms with Crippen LogP contribution >= 0.6 is 0 Å².